The molecule has 1 atom stereocenters. The highest BCUT2D eigenvalue weighted by Crippen LogP contribution is 2.12. The second-order valence-electron chi connectivity index (χ2n) is 5.47. The number of carbonyl (C=O) groups is 3. The second kappa shape index (κ2) is 7.45. The van der Waals surface area contributed by atoms with Crippen LogP contribution in [0.3, 0.4) is 0 Å². The summed E-state index contributed by atoms with van der Waals surface area (Å²) in [4.78, 5) is 39.3. The third-order valence-corrected chi connectivity index (χ3v) is 4.03. The number of hydrogen-bond acceptors (Lipinski definition) is 4. The van der Waals surface area contributed by atoms with Crippen LogP contribution < -0.4 is 5.32 Å². The molecule has 0 radical (unpaired) electrons. The molecule has 1 aliphatic rings. The largest absolute Gasteiger partial charge is 0.359 e. The maximum absolute atomic E-state index is 12.4. The molecule has 1 aromatic rings. The van der Waals surface area contributed by atoms with Crippen LogP contribution in [0.4, 0.5) is 0 Å². The van der Waals surface area contributed by atoms with Crippen molar-refractivity contribution in [2.24, 2.45) is 5.92 Å². The Hall–Kier alpha value is -2.09. The van der Waals surface area contributed by atoms with E-state index in [1.807, 2.05) is 0 Å². The first-order valence-electron chi connectivity index (χ1n) is 7.33. The first kappa shape index (κ1) is 17.3. The Balaban J connectivity index is 2.09. The standard InChI is InChI=1S/C14H20ClN5O3/c1-10(21)18-3-4-19(7-11(6-18)14(23)16-2)13(22)9-20-8-12(15)5-17-20/h5,8,11H,3-4,6-7,9H2,1-2H3,(H,16,23)/t11-/m1/s1. The monoisotopic (exact) mass is 341 g/mol. The predicted octanol–water partition coefficient (Wildman–Crippen LogP) is -0.411. The number of carbonyl (C=O) groups excluding carboxylic acids is 3. The van der Waals surface area contributed by atoms with Crippen molar-refractivity contribution >= 4 is 29.3 Å². The Bertz CT molecular complexity index is 603. The molecule has 2 heterocycles. The summed E-state index contributed by atoms with van der Waals surface area (Å²) in [5, 5.41) is 7.02. The van der Waals surface area contributed by atoms with E-state index in [0.29, 0.717) is 24.7 Å². The van der Waals surface area contributed by atoms with Crippen molar-refractivity contribution in [2.45, 2.75) is 13.5 Å². The van der Waals surface area contributed by atoms with E-state index in [1.165, 1.54) is 17.8 Å². The molecule has 1 fully saturated rings. The Morgan fingerprint density at radius 1 is 1.30 bits per heavy atom. The van der Waals surface area contributed by atoms with Gasteiger partial charge in [-0.25, -0.2) is 0 Å². The van der Waals surface area contributed by atoms with Crippen LogP contribution in [-0.4, -0.2) is 70.5 Å². The molecule has 0 aliphatic carbocycles. The van der Waals surface area contributed by atoms with E-state index in [0.717, 1.165) is 0 Å². The lowest BCUT2D eigenvalue weighted by Crippen LogP contribution is -2.42. The molecule has 9 heteroatoms. The summed E-state index contributed by atoms with van der Waals surface area (Å²) in [5.74, 6) is -0.897. The maximum Gasteiger partial charge on any atom is 0.244 e. The number of halogens is 1. The smallest absolute Gasteiger partial charge is 0.244 e. The fraction of sp³-hybridized carbons (Fsp3) is 0.571. The highest BCUT2D eigenvalue weighted by molar-refractivity contribution is 6.30. The van der Waals surface area contributed by atoms with E-state index < -0.39 is 5.92 Å². The van der Waals surface area contributed by atoms with Crippen LogP contribution in [0.2, 0.25) is 5.02 Å². The summed E-state index contributed by atoms with van der Waals surface area (Å²) < 4.78 is 1.45. The van der Waals surface area contributed by atoms with Gasteiger partial charge in [-0.15, -0.1) is 0 Å². The molecule has 0 bridgehead atoms. The normalized spacial score (nSPS) is 18.5. The molecule has 126 valence electrons. The van der Waals surface area contributed by atoms with Crippen molar-refractivity contribution in [1.82, 2.24) is 24.9 Å². The van der Waals surface area contributed by atoms with Crippen LogP contribution in [0.25, 0.3) is 0 Å². The van der Waals surface area contributed by atoms with E-state index in [1.54, 1.807) is 23.0 Å². The number of amides is 3. The minimum Gasteiger partial charge on any atom is -0.359 e. The highest BCUT2D eigenvalue weighted by Gasteiger charge is 2.30. The van der Waals surface area contributed by atoms with Gasteiger partial charge in [0.1, 0.15) is 6.54 Å². The fourth-order valence-electron chi connectivity index (χ4n) is 2.56. The molecule has 3 amide bonds. The van der Waals surface area contributed by atoms with Crippen LogP contribution in [0.1, 0.15) is 6.92 Å². The van der Waals surface area contributed by atoms with E-state index in [2.05, 4.69) is 10.4 Å². The zero-order valence-electron chi connectivity index (χ0n) is 13.2. The third-order valence-electron chi connectivity index (χ3n) is 3.84. The van der Waals surface area contributed by atoms with E-state index in [4.69, 9.17) is 11.6 Å². The Labute approximate surface area is 139 Å². The Kier molecular flexibility index (Phi) is 5.59. The van der Waals surface area contributed by atoms with Crippen molar-refractivity contribution in [3.63, 3.8) is 0 Å². The lowest BCUT2D eigenvalue weighted by atomic mass is 10.1. The van der Waals surface area contributed by atoms with Crippen molar-refractivity contribution in [1.29, 1.82) is 0 Å². The quantitative estimate of drug-likeness (QED) is 0.809. The van der Waals surface area contributed by atoms with Gasteiger partial charge in [0, 0.05) is 46.3 Å². The molecule has 23 heavy (non-hydrogen) atoms. The lowest BCUT2D eigenvalue weighted by Gasteiger charge is -2.23. The molecule has 0 unspecified atom stereocenters. The molecule has 1 aliphatic heterocycles. The molecule has 2 rings (SSSR count). The van der Waals surface area contributed by atoms with Crippen LogP contribution in [-0.2, 0) is 20.9 Å². The van der Waals surface area contributed by atoms with Gasteiger partial charge in [0.25, 0.3) is 0 Å². The van der Waals surface area contributed by atoms with Crippen molar-refractivity contribution < 1.29 is 14.4 Å². The first-order chi connectivity index (χ1) is 10.9. The first-order valence-corrected chi connectivity index (χ1v) is 7.71. The summed E-state index contributed by atoms with van der Waals surface area (Å²) in [7, 11) is 1.54. The average Bonchev–Trinajstić information content (AvgIpc) is 2.79. The van der Waals surface area contributed by atoms with Gasteiger partial charge >= 0.3 is 0 Å². The van der Waals surface area contributed by atoms with E-state index in [-0.39, 0.29) is 30.8 Å². The molecule has 0 spiro atoms. The van der Waals surface area contributed by atoms with Crippen molar-refractivity contribution in [2.75, 3.05) is 33.2 Å². The molecular weight excluding hydrogens is 322 g/mol. The summed E-state index contributed by atoms with van der Waals surface area (Å²) in [6.07, 6.45) is 3.03. The summed E-state index contributed by atoms with van der Waals surface area (Å²) in [6.45, 7) is 2.90. The fourth-order valence-corrected chi connectivity index (χ4v) is 2.72. The molecular formula is C14H20ClN5O3. The van der Waals surface area contributed by atoms with Crippen molar-refractivity contribution in [3.8, 4) is 0 Å². The minimum absolute atomic E-state index is 0.0489. The molecule has 0 saturated carbocycles. The number of nitrogens with one attached hydrogen (secondary N) is 1. The SMILES string of the molecule is CNC(=O)[C@@H]1CN(C(C)=O)CCN(C(=O)Cn2cc(Cl)cn2)C1. The van der Waals surface area contributed by atoms with Gasteiger partial charge < -0.3 is 15.1 Å². The van der Waals surface area contributed by atoms with Gasteiger partial charge in [0.15, 0.2) is 0 Å². The third kappa shape index (κ3) is 4.44. The summed E-state index contributed by atoms with van der Waals surface area (Å²) in [6, 6.07) is 0. The van der Waals surface area contributed by atoms with Crippen LogP contribution in [0, 0.1) is 5.92 Å². The molecule has 8 nitrogen and oxygen atoms in total. The van der Waals surface area contributed by atoms with Gasteiger partial charge in [-0.3, -0.25) is 19.1 Å². The number of aromatic nitrogens is 2. The van der Waals surface area contributed by atoms with Crippen LogP contribution in [0.5, 0.6) is 0 Å². The van der Waals surface area contributed by atoms with E-state index in [9.17, 15) is 14.4 Å². The van der Waals surface area contributed by atoms with Gasteiger partial charge in [0.05, 0.1) is 17.1 Å². The number of hydrogen-bond donors (Lipinski definition) is 1. The minimum atomic E-state index is -0.448. The topological polar surface area (TPSA) is 87.5 Å². The van der Waals surface area contributed by atoms with Gasteiger partial charge in [-0.05, 0) is 0 Å². The maximum atomic E-state index is 12.4. The van der Waals surface area contributed by atoms with Crippen LogP contribution in [0.15, 0.2) is 12.4 Å². The molecule has 1 saturated heterocycles. The van der Waals surface area contributed by atoms with Gasteiger partial charge in [-0.2, -0.15) is 5.10 Å². The van der Waals surface area contributed by atoms with Gasteiger partial charge in [0.2, 0.25) is 17.7 Å². The molecule has 1 aromatic heterocycles. The summed E-state index contributed by atoms with van der Waals surface area (Å²) >= 11 is 5.79. The molecule has 1 N–H and O–H groups in total. The van der Waals surface area contributed by atoms with Crippen LogP contribution >= 0.6 is 11.6 Å². The lowest BCUT2D eigenvalue weighted by molar-refractivity contribution is -0.133. The zero-order chi connectivity index (χ0) is 17.0. The second-order valence-corrected chi connectivity index (χ2v) is 5.91. The van der Waals surface area contributed by atoms with E-state index >= 15 is 0 Å². The Morgan fingerprint density at radius 2 is 1.96 bits per heavy atom. The predicted molar refractivity (Wildman–Crippen MR) is 83.6 cm³/mol. The average molecular weight is 342 g/mol. The number of nitrogens with zero attached hydrogens (tertiary/aromatic N) is 4. The highest BCUT2D eigenvalue weighted by atomic mass is 35.5. The summed E-state index contributed by atoms with van der Waals surface area (Å²) in [5.41, 5.74) is 0. The zero-order valence-corrected chi connectivity index (χ0v) is 13.9. The number of rotatable bonds is 3. The Morgan fingerprint density at radius 3 is 2.52 bits per heavy atom. The molecule has 0 aromatic carbocycles. The van der Waals surface area contributed by atoms with Crippen molar-refractivity contribution in [3.05, 3.63) is 17.4 Å². The van der Waals surface area contributed by atoms with Gasteiger partial charge in [-0.1, -0.05) is 11.6 Å².